The number of amides is 1. The maximum absolute atomic E-state index is 11.5. The van der Waals surface area contributed by atoms with Crippen LogP contribution in [0.25, 0.3) is 0 Å². The van der Waals surface area contributed by atoms with Gasteiger partial charge in [-0.25, -0.2) is 0 Å². The van der Waals surface area contributed by atoms with E-state index in [0.717, 1.165) is 0 Å². The van der Waals surface area contributed by atoms with Crippen LogP contribution in [0.3, 0.4) is 0 Å². The Hall–Kier alpha value is -1.06. The minimum Gasteiger partial charge on any atom is -0.465 e. The number of nitrogens with one attached hydrogen (secondary N) is 1. The monoisotopic (exact) mass is 227 g/mol. The lowest BCUT2D eigenvalue weighted by Crippen LogP contribution is -2.28. The lowest BCUT2D eigenvalue weighted by Gasteiger charge is -2.22. The third kappa shape index (κ3) is 4.21. The third-order valence-electron chi connectivity index (χ3n) is 2.56. The number of esters is 1. The second kappa shape index (κ2) is 4.44. The van der Waals surface area contributed by atoms with Crippen LogP contribution in [0.2, 0.25) is 0 Å². The number of hydrogen-bond donors (Lipinski definition) is 1. The Labute approximate surface area is 96.7 Å². The van der Waals surface area contributed by atoms with Crippen LogP contribution in [0.15, 0.2) is 0 Å². The van der Waals surface area contributed by atoms with Crippen molar-refractivity contribution in [3.63, 3.8) is 0 Å². The molecular weight excluding hydrogens is 206 g/mol. The fraction of sp³-hybridized carbons (Fsp3) is 0.833. The Balaban J connectivity index is 2.35. The topological polar surface area (TPSA) is 55.4 Å². The molecule has 1 aliphatic rings. The molecule has 0 spiro atoms. The van der Waals surface area contributed by atoms with Gasteiger partial charge in [0.05, 0.1) is 13.0 Å². The predicted octanol–water partition coefficient (Wildman–Crippen LogP) is 1.49. The molecule has 1 fully saturated rings. The van der Waals surface area contributed by atoms with E-state index in [0.29, 0.717) is 26.0 Å². The van der Waals surface area contributed by atoms with E-state index in [1.807, 2.05) is 27.7 Å². The van der Waals surface area contributed by atoms with E-state index in [-0.39, 0.29) is 22.7 Å². The van der Waals surface area contributed by atoms with Crippen molar-refractivity contribution in [2.75, 3.05) is 13.2 Å². The van der Waals surface area contributed by atoms with E-state index in [1.54, 1.807) is 0 Å². The summed E-state index contributed by atoms with van der Waals surface area (Å²) in [5.74, 6) is -0.151. The maximum Gasteiger partial charge on any atom is 0.306 e. The highest BCUT2D eigenvalue weighted by atomic mass is 16.5. The SMILES string of the molecule is CC(C)(C)CC(=O)OC[C@@]1(C)CNC(=O)C1. The van der Waals surface area contributed by atoms with Crippen molar-refractivity contribution in [1.29, 1.82) is 0 Å². The Morgan fingerprint density at radius 2 is 2.12 bits per heavy atom. The molecule has 1 amide bonds. The van der Waals surface area contributed by atoms with Crippen molar-refractivity contribution in [2.45, 2.75) is 40.5 Å². The minimum absolute atomic E-state index is 0.0365. The largest absolute Gasteiger partial charge is 0.465 e. The first-order valence-electron chi connectivity index (χ1n) is 5.63. The van der Waals surface area contributed by atoms with Crippen molar-refractivity contribution in [1.82, 2.24) is 5.32 Å². The Morgan fingerprint density at radius 3 is 2.56 bits per heavy atom. The van der Waals surface area contributed by atoms with E-state index in [4.69, 9.17) is 4.74 Å². The molecule has 4 heteroatoms. The fourth-order valence-electron chi connectivity index (χ4n) is 1.67. The van der Waals surface area contributed by atoms with Crippen LogP contribution in [0.4, 0.5) is 0 Å². The summed E-state index contributed by atoms with van der Waals surface area (Å²) < 4.78 is 5.22. The molecule has 0 aromatic carbocycles. The molecule has 1 atom stereocenters. The van der Waals surface area contributed by atoms with Gasteiger partial charge in [-0.1, -0.05) is 27.7 Å². The number of carbonyl (C=O) groups is 2. The lowest BCUT2D eigenvalue weighted by atomic mass is 9.90. The van der Waals surface area contributed by atoms with Crippen LogP contribution in [0.1, 0.15) is 40.5 Å². The fourth-order valence-corrected chi connectivity index (χ4v) is 1.67. The zero-order chi connectivity index (χ0) is 12.4. The van der Waals surface area contributed by atoms with Gasteiger partial charge >= 0.3 is 5.97 Å². The average Bonchev–Trinajstić information content (AvgIpc) is 2.41. The highest BCUT2D eigenvalue weighted by molar-refractivity contribution is 5.79. The van der Waals surface area contributed by atoms with Gasteiger partial charge < -0.3 is 10.1 Å². The summed E-state index contributed by atoms with van der Waals surface area (Å²) in [4.78, 5) is 22.6. The minimum atomic E-state index is -0.232. The molecule has 1 N–H and O–H groups in total. The van der Waals surface area contributed by atoms with Gasteiger partial charge in [0.2, 0.25) is 5.91 Å². The van der Waals surface area contributed by atoms with E-state index < -0.39 is 0 Å². The number of rotatable bonds is 3. The Bertz CT molecular complexity index is 293. The molecule has 1 aliphatic heterocycles. The first-order chi connectivity index (χ1) is 7.20. The first kappa shape index (κ1) is 13.0. The molecule has 4 nitrogen and oxygen atoms in total. The smallest absolute Gasteiger partial charge is 0.306 e. The van der Waals surface area contributed by atoms with Crippen LogP contribution in [-0.2, 0) is 14.3 Å². The Kier molecular flexibility index (Phi) is 3.61. The number of hydrogen-bond acceptors (Lipinski definition) is 3. The van der Waals surface area contributed by atoms with Gasteiger partial charge in [-0.2, -0.15) is 0 Å². The molecule has 1 heterocycles. The molecule has 0 aromatic rings. The molecule has 92 valence electrons. The zero-order valence-electron chi connectivity index (χ0n) is 10.6. The Morgan fingerprint density at radius 1 is 1.50 bits per heavy atom. The molecule has 16 heavy (non-hydrogen) atoms. The van der Waals surface area contributed by atoms with Crippen molar-refractivity contribution in [3.8, 4) is 0 Å². The van der Waals surface area contributed by atoms with E-state index in [9.17, 15) is 9.59 Å². The zero-order valence-corrected chi connectivity index (χ0v) is 10.6. The average molecular weight is 227 g/mol. The van der Waals surface area contributed by atoms with Crippen LogP contribution in [-0.4, -0.2) is 25.0 Å². The molecular formula is C12H21NO3. The third-order valence-corrected chi connectivity index (χ3v) is 2.56. The summed E-state index contributed by atoms with van der Waals surface area (Å²) in [7, 11) is 0. The quantitative estimate of drug-likeness (QED) is 0.743. The molecule has 0 bridgehead atoms. The van der Waals surface area contributed by atoms with E-state index >= 15 is 0 Å². The predicted molar refractivity (Wildman–Crippen MR) is 60.8 cm³/mol. The summed E-state index contributed by atoms with van der Waals surface area (Å²) >= 11 is 0. The second-order valence-electron chi connectivity index (χ2n) is 6.16. The maximum atomic E-state index is 11.5. The van der Waals surface area contributed by atoms with Gasteiger partial charge in [-0.15, -0.1) is 0 Å². The normalized spacial score (nSPS) is 25.4. The molecule has 1 saturated heterocycles. The van der Waals surface area contributed by atoms with Crippen molar-refractivity contribution in [2.24, 2.45) is 10.8 Å². The summed E-state index contributed by atoms with van der Waals surface area (Å²) in [5.41, 5.74) is -0.285. The van der Waals surface area contributed by atoms with Gasteiger partial charge in [0.15, 0.2) is 0 Å². The number of carbonyl (C=O) groups excluding carboxylic acids is 2. The van der Waals surface area contributed by atoms with Gasteiger partial charge in [-0.05, 0) is 5.41 Å². The van der Waals surface area contributed by atoms with Crippen molar-refractivity contribution in [3.05, 3.63) is 0 Å². The van der Waals surface area contributed by atoms with Gasteiger partial charge in [0.1, 0.15) is 0 Å². The molecule has 1 rings (SSSR count). The summed E-state index contributed by atoms with van der Waals surface area (Å²) in [5, 5.41) is 2.75. The first-order valence-corrected chi connectivity index (χ1v) is 5.63. The van der Waals surface area contributed by atoms with Crippen LogP contribution < -0.4 is 5.32 Å². The highest BCUT2D eigenvalue weighted by Gasteiger charge is 2.35. The molecule has 0 radical (unpaired) electrons. The van der Waals surface area contributed by atoms with E-state index in [1.165, 1.54) is 0 Å². The summed E-state index contributed by atoms with van der Waals surface area (Å²) in [6.45, 7) is 8.86. The second-order valence-corrected chi connectivity index (χ2v) is 6.16. The molecule has 0 aromatic heterocycles. The number of ether oxygens (including phenoxy) is 1. The highest BCUT2D eigenvalue weighted by Crippen LogP contribution is 2.26. The molecule has 0 unspecified atom stereocenters. The summed E-state index contributed by atoms with van der Waals surface area (Å²) in [6, 6.07) is 0. The summed E-state index contributed by atoms with van der Waals surface area (Å²) in [6.07, 6.45) is 0.847. The van der Waals surface area contributed by atoms with Crippen LogP contribution in [0, 0.1) is 10.8 Å². The van der Waals surface area contributed by atoms with Crippen LogP contribution in [0.5, 0.6) is 0 Å². The molecule has 0 aliphatic carbocycles. The lowest BCUT2D eigenvalue weighted by molar-refractivity contribution is -0.149. The van der Waals surface area contributed by atoms with Gasteiger partial charge in [0.25, 0.3) is 0 Å². The van der Waals surface area contributed by atoms with E-state index in [2.05, 4.69) is 5.32 Å². The van der Waals surface area contributed by atoms with Crippen molar-refractivity contribution < 1.29 is 14.3 Å². The molecule has 0 saturated carbocycles. The van der Waals surface area contributed by atoms with Crippen molar-refractivity contribution >= 4 is 11.9 Å². The van der Waals surface area contributed by atoms with Gasteiger partial charge in [-0.3, -0.25) is 9.59 Å². The standard InChI is InChI=1S/C12H21NO3/c1-11(2,3)6-10(15)16-8-12(4)5-9(14)13-7-12/h5-8H2,1-4H3,(H,13,14)/t12-/m1/s1. The van der Waals surface area contributed by atoms with Crippen LogP contribution >= 0.6 is 0 Å². The van der Waals surface area contributed by atoms with Gasteiger partial charge in [0, 0.05) is 18.4 Å².